The summed E-state index contributed by atoms with van der Waals surface area (Å²) in [7, 11) is -4.03. The second-order valence-electron chi connectivity index (χ2n) is 3.71. The normalized spacial score (nSPS) is 14.7. The summed E-state index contributed by atoms with van der Waals surface area (Å²) in [5.41, 5.74) is 0. The van der Waals surface area contributed by atoms with Gasteiger partial charge in [0, 0.05) is 10.9 Å². The van der Waals surface area contributed by atoms with Gasteiger partial charge in [-0.05, 0) is 18.4 Å². The van der Waals surface area contributed by atoms with E-state index in [1.54, 1.807) is 0 Å². The van der Waals surface area contributed by atoms with Crippen LogP contribution in [0.15, 0.2) is 16.3 Å². The van der Waals surface area contributed by atoms with Crippen molar-refractivity contribution in [2.75, 3.05) is 0 Å². The van der Waals surface area contributed by atoms with Crippen LogP contribution in [0.1, 0.15) is 18.2 Å². The molecule has 0 aliphatic heterocycles. The average Bonchev–Trinajstić information content (AvgIpc) is 2.61. The number of hydrogen-bond donors (Lipinski definition) is 2. The van der Waals surface area contributed by atoms with Gasteiger partial charge in [0.05, 0.1) is 17.9 Å². The zero-order valence-electron chi connectivity index (χ0n) is 9.36. The molecule has 1 rings (SSSR count). The van der Waals surface area contributed by atoms with E-state index in [0.717, 1.165) is 18.3 Å². The first-order valence-corrected chi connectivity index (χ1v) is 7.28. The minimum absolute atomic E-state index is 0.177. The van der Waals surface area contributed by atoms with Gasteiger partial charge >= 0.3 is 6.18 Å². The van der Waals surface area contributed by atoms with Crippen LogP contribution in [0, 0.1) is 0 Å². The lowest BCUT2D eigenvalue weighted by Gasteiger charge is -2.15. The summed E-state index contributed by atoms with van der Waals surface area (Å²) in [5.74, 6) is 0. The zero-order chi connectivity index (χ0) is 14.0. The smallest absolute Gasteiger partial charge is 0.390 e. The van der Waals surface area contributed by atoms with Crippen molar-refractivity contribution in [2.45, 2.75) is 37.1 Å². The maximum absolute atomic E-state index is 12.1. The Balaban J connectivity index is 2.83. The Morgan fingerprint density at radius 2 is 2.11 bits per heavy atom. The van der Waals surface area contributed by atoms with Crippen LogP contribution in [-0.4, -0.2) is 25.7 Å². The predicted octanol–water partition coefficient (Wildman–Crippen LogP) is 1.86. The van der Waals surface area contributed by atoms with Crippen LogP contribution in [0.3, 0.4) is 0 Å². The highest BCUT2D eigenvalue weighted by Gasteiger charge is 2.32. The standard InChI is InChI=1S/C9H12F3NO3S2/c1-6(4-9(10,11)12)13-18(15,16)8-2-3-17-7(8)5-14/h2-3,6,13-14H,4-5H2,1H3. The molecule has 0 amide bonds. The molecule has 0 aliphatic carbocycles. The van der Waals surface area contributed by atoms with Crippen molar-refractivity contribution >= 4 is 21.4 Å². The molecule has 0 aromatic carbocycles. The summed E-state index contributed by atoms with van der Waals surface area (Å²) >= 11 is 1.03. The van der Waals surface area contributed by atoms with E-state index in [-0.39, 0.29) is 9.77 Å². The third-order valence-electron chi connectivity index (χ3n) is 2.03. The van der Waals surface area contributed by atoms with Gasteiger partial charge in [-0.2, -0.15) is 13.2 Å². The minimum atomic E-state index is -4.43. The molecule has 0 spiro atoms. The number of aliphatic hydroxyl groups excluding tert-OH is 1. The van der Waals surface area contributed by atoms with Gasteiger partial charge in [0.1, 0.15) is 0 Å². The quantitative estimate of drug-likeness (QED) is 0.872. The van der Waals surface area contributed by atoms with Gasteiger partial charge in [-0.1, -0.05) is 0 Å². The topological polar surface area (TPSA) is 66.4 Å². The van der Waals surface area contributed by atoms with Gasteiger partial charge in [0.2, 0.25) is 10.0 Å². The van der Waals surface area contributed by atoms with Crippen molar-refractivity contribution in [3.05, 3.63) is 16.3 Å². The Hall–Kier alpha value is -0.640. The molecule has 1 aromatic heterocycles. The molecular formula is C9H12F3NO3S2. The van der Waals surface area contributed by atoms with Gasteiger partial charge in [-0.25, -0.2) is 13.1 Å². The highest BCUT2D eigenvalue weighted by atomic mass is 32.2. The highest BCUT2D eigenvalue weighted by molar-refractivity contribution is 7.89. The minimum Gasteiger partial charge on any atom is -0.391 e. The van der Waals surface area contributed by atoms with Crippen molar-refractivity contribution in [1.29, 1.82) is 0 Å². The van der Waals surface area contributed by atoms with Crippen molar-refractivity contribution in [3.63, 3.8) is 0 Å². The third kappa shape index (κ3) is 4.23. The lowest BCUT2D eigenvalue weighted by Crippen LogP contribution is -2.36. The van der Waals surface area contributed by atoms with Crippen molar-refractivity contribution < 1.29 is 26.7 Å². The summed E-state index contributed by atoms with van der Waals surface area (Å²) in [4.78, 5) is 0.0192. The van der Waals surface area contributed by atoms with E-state index in [9.17, 15) is 21.6 Å². The monoisotopic (exact) mass is 303 g/mol. The maximum atomic E-state index is 12.1. The third-order valence-corrected chi connectivity index (χ3v) is 4.74. The fourth-order valence-electron chi connectivity index (χ4n) is 1.40. The number of alkyl halides is 3. The van der Waals surface area contributed by atoms with Crippen LogP contribution in [0.5, 0.6) is 0 Å². The van der Waals surface area contributed by atoms with E-state index in [1.807, 2.05) is 4.72 Å². The molecular weight excluding hydrogens is 291 g/mol. The molecule has 104 valence electrons. The van der Waals surface area contributed by atoms with Gasteiger partial charge in [0.15, 0.2) is 0 Å². The summed E-state index contributed by atoms with van der Waals surface area (Å²) in [6, 6.07) is -0.0137. The number of nitrogens with one attached hydrogen (secondary N) is 1. The molecule has 4 nitrogen and oxygen atoms in total. The van der Waals surface area contributed by atoms with Crippen LogP contribution in [-0.2, 0) is 16.6 Å². The Labute approximate surface area is 106 Å². The maximum Gasteiger partial charge on any atom is 0.390 e. The van der Waals surface area contributed by atoms with Crippen LogP contribution >= 0.6 is 11.3 Å². The molecule has 0 aliphatic rings. The number of aliphatic hydroxyl groups is 1. The number of rotatable bonds is 5. The summed E-state index contributed by atoms with van der Waals surface area (Å²) < 4.78 is 61.8. The molecule has 0 saturated heterocycles. The first-order chi connectivity index (χ1) is 8.15. The highest BCUT2D eigenvalue weighted by Crippen LogP contribution is 2.25. The Bertz CT molecular complexity index is 495. The molecule has 9 heteroatoms. The Morgan fingerprint density at radius 1 is 1.50 bits per heavy atom. The van der Waals surface area contributed by atoms with Gasteiger partial charge in [0.25, 0.3) is 0 Å². The predicted molar refractivity (Wildman–Crippen MR) is 60.7 cm³/mol. The van der Waals surface area contributed by atoms with Crippen molar-refractivity contribution in [1.82, 2.24) is 4.72 Å². The molecule has 0 bridgehead atoms. The number of thiophene rings is 1. The number of sulfonamides is 1. The molecule has 1 aromatic rings. The first-order valence-electron chi connectivity index (χ1n) is 4.92. The SMILES string of the molecule is CC(CC(F)(F)F)NS(=O)(=O)c1ccsc1CO. The van der Waals surface area contributed by atoms with Crippen LogP contribution in [0.4, 0.5) is 13.2 Å². The van der Waals surface area contributed by atoms with E-state index in [0.29, 0.717) is 0 Å². The number of hydrogen-bond acceptors (Lipinski definition) is 4. The van der Waals surface area contributed by atoms with E-state index in [4.69, 9.17) is 5.11 Å². The fourth-order valence-corrected chi connectivity index (χ4v) is 3.94. The van der Waals surface area contributed by atoms with Crippen molar-refractivity contribution in [3.8, 4) is 0 Å². The van der Waals surface area contributed by atoms with Crippen LogP contribution in [0.25, 0.3) is 0 Å². The molecule has 1 atom stereocenters. The molecule has 0 radical (unpaired) electrons. The second-order valence-corrected chi connectivity index (χ2v) is 6.39. The largest absolute Gasteiger partial charge is 0.391 e. The summed E-state index contributed by atoms with van der Waals surface area (Å²) in [5, 5.41) is 10.4. The van der Waals surface area contributed by atoms with Gasteiger partial charge in [-0.15, -0.1) is 11.3 Å². The lowest BCUT2D eigenvalue weighted by atomic mass is 10.2. The van der Waals surface area contributed by atoms with Crippen LogP contribution < -0.4 is 4.72 Å². The van der Waals surface area contributed by atoms with Gasteiger partial charge in [-0.3, -0.25) is 0 Å². The molecule has 1 heterocycles. The van der Waals surface area contributed by atoms with Crippen LogP contribution in [0.2, 0.25) is 0 Å². The molecule has 2 N–H and O–H groups in total. The molecule has 1 unspecified atom stereocenters. The summed E-state index contributed by atoms with van der Waals surface area (Å²) in [6.07, 6.45) is -5.68. The average molecular weight is 303 g/mol. The first kappa shape index (κ1) is 15.4. The molecule has 0 saturated carbocycles. The van der Waals surface area contributed by atoms with E-state index >= 15 is 0 Å². The zero-order valence-corrected chi connectivity index (χ0v) is 11.0. The fraction of sp³-hybridized carbons (Fsp3) is 0.556. The molecule has 18 heavy (non-hydrogen) atoms. The van der Waals surface area contributed by atoms with Gasteiger partial charge < -0.3 is 5.11 Å². The van der Waals surface area contributed by atoms with E-state index < -0.39 is 35.3 Å². The lowest BCUT2D eigenvalue weighted by molar-refractivity contribution is -0.137. The summed E-state index contributed by atoms with van der Waals surface area (Å²) in [6.45, 7) is 0.664. The van der Waals surface area contributed by atoms with E-state index in [2.05, 4.69) is 0 Å². The Kier molecular flexibility index (Phi) is 4.76. The van der Waals surface area contributed by atoms with Crippen molar-refractivity contribution in [2.24, 2.45) is 0 Å². The number of halogens is 3. The molecule has 0 fully saturated rings. The Morgan fingerprint density at radius 3 is 2.61 bits per heavy atom. The second kappa shape index (κ2) is 5.55. The van der Waals surface area contributed by atoms with E-state index in [1.165, 1.54) is 11.4 Å².